The van der Waals surface area contributed by atoms with Gasteiger partial charge in [0.2, 0.25) is 5.36 Å². The van der Waals surface area contributed by atoms with Crippen molar-refractivity contribution in [2.45, 2.75) is 37.5 Å². The first-order valence-corrected chi connectivity index (χ1v) is 15.5. The van der Waals surface area contributed by atoms with Gasteiger partial charge in [0.05, 0.1) is 23.0 Å². The maximum Gasteiger partial charge on any atom is 0.296 e. The van der Waals surface area contributed by atoms with Crippen LogP contribution in [0.3, 0.4) is 0 Å². The molecule has 2 aromatic rings. The van der Waals surface area contributed by atoms with Crippen molar-refractivity contribution < 1.29 is 30.0 Å². The van der Waals surface area contributed by atoms with Crippen molar-refractivity contribution in [1.82, 2.24) is 4.58 Å². The second-order valence-electron chi connectivity index (χ2n) is 8.92. The first-order chi connectivity index (χ1) is 18.5. The Kier molecular flexibility index (Phi) is 8.17. The third-order valence-electron chi connectivity index (χ3n) is 6.95. The highest BCUT2D eigenvalue weighted by Crippen LogP contribution is 2.43. The molecule has 9 nitrogen and oxygen atoms in total. The zero-order valence-electron chi connectivity index (χ0n) is 22.6. The van der Waals surface area contributed by atoms with Crippen molar-refractivity contribution >= 4 is 36.9 Å². The maximum absolute atomic E-state index is 12.5. The average Bonchev–Trinajstić information content (AvgIpc) is 2.92. The summed E-state index contributed by atoms with van der Waals surface area (Å²) in [6.45, 7) is 11.3. The van der Waals surface area contributed by atoms with Crippen LogP contribution in [0.5, 0.6) is 0 Å². The maximum atomic E-state index is 12.5. The third kappa shape index (κ3) is 5.44. The van der Waals surface area contributed by atoms with Gasteiger partial charge in [0.25, 0.3) is 10.1 Å². The second kappa shape index (κ2) is 11.1. The van der Waals surface area contributed by atoms with E-state index in [9.17, 15) is 21.4 Å². The molecule has 0 unspecified atom stereocenters. The van der Waals surface area contributed by atoms with Crippen LogP contribution in [0.4, 0.5) is 5.69 Å². The molecule has 1 aliphatic carbocycles. The number of nitrogens with zero attached hydrogens (tertiary/aromatic N) is 2. The Morgan fingerprint density at radius 1 is 0.872 bits per heavy atom. The fourth-order valence-electron chi connectivity index (χ4n) is 4.90. The van der Waals surface area contributed by atoms with E-state index in [0.717, 1.165) is 50.4 Å². The van der Waals surface area contributed by atoms with Crippen LogP contribution in [0.15, 0.2) is 68.8 Å². The van der Waals surface area contributed by atoms with E-state index in [1.165, 1.54) is 12.1 Å². The van der Waals surface area contributed by atoms with Crippen LogP contribution >= 0.6 is 0 Å². The lowest BCUT2D eigenvalue weighted by Gasteiger charge is -2.23. The molecular weight excluding hydrogens is 540 g/mol. The highest BCUT2D eigenvalue weighted by molar-refractivity contribution is 7.87. The summed E-state index contributed by atoms with van der Waals surface area (Å²) in [4.78, 5) is 1.07. The van der Waals surface area contributed by atoms with Gasteiger partial charge >= 0.3 is 0 Å². The summed E-state index contributed by atoms with van der Waals surface area (Å²) in [5.74, 6) is 0.501. The van der Waals surface area contributed by atoms with Gasteiger partial charge in [-0.1, -0.05) is 6.07 Å². The minimum atomic E-state index is -5.09. The first-order valence-electron chi connectivity index (χ1n) is 12.7. The molecule has 2 aliphatic rings. The number of hydrogen-bond donors (Lipinski definition) is 0. The van der Waals surface area contributed by atoms with E-state index in [2.05, 4.69) is 13.7 Å². The molecule has 0 saturated carbocycles. The molecule has 0 saturated heterocycles. The SMILES string of the molecule is CCN(CC)c1ccc2c(-c3ccc(S(=O)(=O)OC)cc3S(=O)(=O)[O-])c3ccc(=[N+](CC)CC)cc-3oc2c1. The van der Waals surface area contributed by atoms with E-state index < -0.39 is 30.0 Å². The lowest BCUT2D eigenvalue weighted by Crippen LogP contribution is -2.29. The largest absolute Gasteiger partial charge is 0.744 e. The van der Waals surface area contributed by atoms with Crippen LogP contribution in [-0.2, 0) is 24.4 Å². The highest BCUT2D eigenvalue weighted by atomic mass is 32.2. The van der Waals surface area contributed by atoms with Gasteiger partial charge in [-0.2, -0.15) is 8.42 Å². The minimum Gasteiger partial charge on any atom is -0.744 e. The number of hydrogen-bond acceptors (Lipinski definition) is 8. The molecule has 1 aliphatic heterocycles. The van der Waals surface area contributed by atoms with Crippen LogP contribution < -0.4 is 14.8 Å². The summed E-state index contributed by atoms with van der Waals surface area (Å²) >= 11 is 0. The Morgan fingerprint density at radius 3 is 2.13 bits per heavy atom. The van der Waals surface area contributed by atoms with Crippen molar-refractivity contribution in [1.29, 1.82) is 0 Å². The van der Waals surface area contributed by atoms with Crippen LogP contribution in [0.2, 0.25) is 0 Å². The fourth-order valence-corrected chi connectivity index (χ4v) is 6.37. The molecule has 0 spiro atoms. The lowest BCUT2D eigenvalue weighted by molar-refractivity contribution is 0.397. The van der Waals surface area contributed by atoms with Crippen LogP contribution in [0.25, 0.3) is 33.4 Å². The van der Waals surface area contributed by atoms with Gasteiger partial charge in [-0.3, -0.25) is 4.18 Å². The van der Waals surface area contributed by atoms with Gasteiger partial charge in [-0.25, -0.2) is 13.0 Å². The molecule has 39 heavy (non-hydrogen) atoms. The van der Waals surface area contributed by atoms with Crippen LogP contribution in [-0.4, -0.2) is 54.7 Å². The van der Waals surface area contributed by atoms with Gasteiger partial charge in [-0.15, -0.1) is 0 Å². The standard InChI is InChI=1S/C28H32N2O7S2/c1-6-29(7-2)19-10-13-22-25(16-19)37-26-17-20(30(8-3)9-4)11-14-23(26)28(22)24-15-12-21(39(34,35)36-5)18-27(24)38(31,32)33/h10-18H,6-9H2,1-5H3. The van der Waals surface area contributed by atoms with Crippen molar-refractivity contribution in [3.8, 4) is 22.5 Å². The van der Waals surface area contributed by atoms with Gasteiger partial charge < -0.3 is 13.9 Å². The summed E-state index contributed by atoms with van der Waals surface area (Å²) in [6.07, 6.45) is 0. The molecule has 0 atom stereocenters. The predicted octanol–water partition coefficient (Wildman–Crippen LogP) is 4.10. The number of rotatable bonds is 9. The Labute approximate surface area is 229 Å². The summed E-state index contributed by atoms with van der Waals surface area (Å²) in [5.41, 5.74) is 2.55. The molecule has 0 amide bonds. The van der Waals surface area contributed by atoms with E-state index in [4.69, 9.17) is 4.42 Å². The Morgan fingerprint density at radius 2 is 1.54 bits per heavy atom. The highest BCUT2D eigenvalue weighted by Gasteiger charge is 2.25. The monoisotopic (exact) mass is 572 g/mol. The number of benzene rings is 3. The molecule has 0 radical (unpaired) electrons. The van der Waals surface area contributed by atoms with Gasteiger partial charge in [0.1, 0.15) is 34.6 Å². The minimum absolute atomic E-state index is 0.0806. The van der Waals surface area contributed by atoms with Crippen LogP contribution in [0, 0.1) is 0 Å². The zero-order valence-corrected chi connectivity index (χ0v) is 24.2. The molecule has 0 bridgehead atoms. The quantitative estimate of drug-likeness (QED) is 0.127. The predicted molar refractivity (Wildman–Crippen MR) is 150 cm³/mol. The van der Waals surface area contributed by atoms with Gasteiger partial charge in [0, 0.05) is 53.0 Å². The van der Waals surface area contributed by atoms with E-state index in [1.54, 1.807) is 0 Å². The number of anilines is 1. The molecular formula is C28H32N2O7S2. The Bertz CT molecular complexity index is 1780. The van der Waals surface area contributed by atoms with Gasteiger partial charge in [-0.05, 0) is 58.0 Å². The van der Waals surface area contributed by atoms with Crippen LogP contribution in [0.1, 0.15) is 27.7 Å². The molecule has 208 valence electrons. The molecule has 11 heteroatoms. The molecule has 2 aromatic carbocycles. The van der Waals surface area contributed by atoms with E-state index in [1.807, 2.05) is 64.1 Å². The Hall–Kier alpha value is -3.25. The topological polar surface area (TPSA) is 120 Å². The third-order valence-corrected chi connectivity index (χ3v) is 9.09. The molecule has 4 rings (SSSR count). The van der Waals surface area contributed by atoms with Crippen molar-refractivity contribution in [2.24, 2.45) is 0 Å². The fraction of sp³-hybridized carbons (Fsp3) is 0.321. The van der Waals surface area contributed by atoms with Gasteiger partial charge in [0.15, 0.2) is 0 Å². The summed E-state index contributed by atoms with van der Waals surface area (Å²) in [7, 11) is -8.36. The van der Waals surface area contributed by atoms with E-state index >= 15 is 0 Å². The summed E-state index contributed by atoms with van der Waals surface area (Å²) < 4.78 is 75.2. The zero-order chi connectivity index (χ0) is 28.5. The normalized spacial score (nSPS) is 12.3. The molecule has 0 N–H and O–H groups in total. The van der Waals surface area contributed by atoms with Crippen molar-refractivity contribution in [2.75, 3.05) is 38.2 Å². The molecule has 0 fully saturated rings. The molecule has 1 heterocycles. The average molecular weight is 573 g/mol. The lowest BCUT2D eigenvalue weighted by atomic mass is 9.93. The van der Waals surface area contributed by atoms with E-state index in [-0.39, 0.29) is 5.56 Å². The smallest absolute Gasteiger partial charge is 0.296 e. The van der Waals surface area contributed by atoms with E-state index in [0.29, 0.717) is 27.9 Å². The van der Waals surface area contributed by atoms with Crippen molar-refractivity contribution in [3.63, 3.8) is 0 Å². The number of fused-ring (bicyclic) bond motifs is 2. The van der Waals surface area contributed by atoms with Crippen molar-refractivity contribution in [3.05, 3.63) is 60.0 Å². The second-order valence-corrected chi connectivity index (χ2v) is 12.0. The summed E-state index contributed by atoms with van der Waals surface area (Å²) in [6, 6.07) is 14.7. The molecule has 0 aromatic heterocycles. The first kappa shape index (κ1) is 28.8. The Balaban J connectivity index is 2.18. The summed E-state index contributed by atoms with van der Waals surface area (Å²) in [5, 5.41) is 1.51.